The van der Waals surface area contributed by atoms with Gasteiger partial charge < -0.3 is 10.6 Å². The number of carbonyl (C=O) groups is 2. The minimum absolute atomic E-state index is 0.0926. The van der Waals surface area contributed by atoms with Gasteiger partial charge in [0.2, 0.25) is 0 Å². The topological polar surface area (TPSA) is 58.2 Å². The van der Waals surface area contributed by atoms with E-state index in [1.54, 1.807) is 12.1 Å². The highest BCUT2D eigenvalue weighted by Crippen LogP contribution is 2.39. The van der Waals surface area contributed by atoms with Crippen LogP contribution in [-0.2, 0) is 6.42 Å². The van der Waals surface area contributed by atoms with Crippen LogP contribution in [0.5, 0.6) is 0 Å². The summed E-state index contributed by atoms with van der Waals surface area (Å²) in [5, 5.41) is 5.58. The number of hydrogen-bond acceptors (Lipinski definition) is 3. The molecule has 1 aliphatic rings. The second-order valence-corrected chi connectivity index (χ2v) is 9.03. The molecule has 1 heterocycles. The van der Waals surface area contributed by atoms with Crippen LogP contribution in [0, 0.1) is 5.82 Å². The third-order valence-electron chi connectivity index (χ3n) is 5.67. The molecule has 0 spiro atoms. The Kier molecular flexibility index (Phi) is 6.14. The number of fused-ring (bicyclic) bond motifs is 2. The molecule has 1 aliphatic heterocycles. The maximum Gasteiger partial charge on any atom is 0.256 e. The van der Waals surface area contributed by atoms with Crippen LogP contribution in [0.3, 0.4) is 0 Å². The molecule has 2 amide bonds. The van der Waals surface area contributed by atoms with Crippen molar-refractivity contribution in [2.24, 2.45) is 0 Å². The van der Waals surface area contributed by atoms with E-state index in [2.05, 4.69) is 34.9 Å². The molecule has 2 N–H and O–H groups in total. The van der Waals surface area contributed by atoms with Gasteiger partial charge in [0.25, 0.3) is 11.8 Å². The zero-order valence-corrected chi connectivity index (χ0v) is 19.0. The highest BCUT2D eigenvalue weighted by atomic mass is 32.2. The molecule has 6 heteroatoms. The van der Waals surface area contributed by atoms with E-state index in [1.165, 1.54) is 23.9 Å². The van der Waals surface area contributed by atoms with Crippen molar-refractivity contribution in [1.29, 1.82) is 0 Å². The average molecular weight is 469 g/mol. The summed E-state index contributed by atoms with van der Waals surface area (Å²) in [6, 6.07) is 28.1. The molecular formula is C28H21FN2O2S. The fourth-order valence-electron chi connectivity index (χ4n) is 3.87. The van der Waals surface area contributed by atoms with E-state index >= 15 is 0 Å². The van der Waals surface area contributed by atoms with Gasteiger partial charge in [0, 0.05) is 16.3 Å². The lowest BCUT2D eigenvalue weighted by atomic mass is 10.0. The van der Waals surface area contributed by atoms with Crippen molar-refractivity contribution in [3.63, 3.8) is 0 Å². The number of benzene rings is 4. The minimum atomic E-state index is -0.621. The first-order valence-corrected chi connectivity index (χ1v) is 11.7. The van der Waals surface area contributed by atoms with Crippen LogP contribution >= 0.6 is 11.8 Å². The smallest absolute Gasteiger partial charge is 0.256 e. The zero-order chi connectivity index (χ0) is 23.5. The summed E-state index contributed by atoms with van der Waals surface area (Å²) in [5.74, 6) is -1.41. The van der Waals surface area contributed by atoms with Crippen LogP contribution in [-0.4, -0.2) is 18.4 Å². The maximum atomic E-state index is 14.8. The SMILES string of the molecule is O=C(NCCc1ccc(-c2ccccc2)cc1)c1cc2c(cc1F)Sc1ccccc1C(=O)N2. The van der Waals surface area contributed by atoms with Crippen molar-refractivity contribution in [3.05, 3.63) is 114 Å². The highest BCUT2D eigenvalue weighted by Gasteiger charge is 2.23. The van der Waals surface area contributed by atoms with Gasteiger partial charge >= 0.3 is 0 Å². The molecule has 4 nitrogen and oxygen atoms in total. The summed E-state index contributed by atoms with van der Waals surface area (Å²) in [6.45, 7) is 0.368. The number of hydrogen-bond donors (Lipinski definition) is 2. The molecule has 4 aromatic carbocycles. The van der Waals surface area contributed by atoms with Crippen molar-refractivity contribution >= 4 is 29.3 Å². The van der Waals surface area contributed by atoms with Gasteiger partial charge in [-0.25, -0.2) is 4.39 Å². The van der Waals surface area contributed by atoms with Gasteiger partial charge in [-0.15, -0.1) is 0 Å². The summed E-state index contributed by atoms with van der Waals surface area (Å²) in [6.07, 6.45) is 0.620. The molecule has 0 saturated carbocycles. The molecule has 0 aliphatic carbocycles. The standard InChI is InChI=1S/C28H21FN2O2S/c29-23-17-26-24(31-28(33)21-8-4-5-9-25(21)34-26)16-22(23)27(32)30-15-14-18-10-12-20(13-11-18)19-6-2-1-3-7-19/h1-13,16-17H,14-15H2,(H,30,32)(H,31,33). The Hall–Kier alpha value is -3.90. The second-order valence-electron chi connectivity index (χ2n) is 7.95. The van der Waals surface area contributed by atoms with Crippen LogP contribution in [0.4, 0.5) is 10.1 Å². The third-order valence-corrected chi connectivity index (χ3v) is 6.81. The van der Waals surface area contributed by atoms with Gasteiger partial charge in [-0.05, 0) is 47.4 Å². The van der Waals surface area contributed by atoms with Gasteiger partial charge in [0.05, 0.1) is 16.8 Å². The molecule has 168 valence electrons. The molecule has 0 fully saturated rings. The molecule has 0 bridgehead atoms. The van der Waals surface area contributed by atoms with Crippen molar-refractivity contribution < 1.29 is 14.0 Å². The Labute approximate surface area is 201 Å². The number of anilines is 1. The van der Waals surface area contributed by atoms with Crippen LogP contribution in [0.1, 0.15) is 26.3 Å². The predicted octanol–water partition coefficient (Wildman–Crippen LogP) is 6.18. The Morgan fingerprint density at radius 3 is 2.35 bits per heavy atom. The first kappa shape index (κ1) is 21.9. The Morgan fingerprint density at radius 2 is 1.56 bits per heavy atom. The van der Waals surface area contributed by atoms with Crippen molar-refractivity contribution in [2.45, 2.75) is 16.2 Å². The molecule has 5 rings (SSSR count). The van der Waals surface area contributed by atoms with Crippen LogP contribution in [0.25, 0.3) is 11.1 Å². The summed E-state index contributed by atoms with van der Waals surface area (Å²) >= 11 is 1.30. The summed E-state index contributed by atoms with van der Waals surface area (Å²) in [5.41, 5.74) is 4.20. The highest BCUT2D eigenvalue weighted by molar-refractivity contribution is 7.99. The molecule has 34 heavy (non-hydrogen) atoms. The Bertz CT molecular complexity index is 1370. The van der Waals surface area contributed by atoms with E-state index in [9.17, 15) is 14.0 Å². The van der Waals surface area contributed by atoms with Gasteiger partial charge in [0.1, 0.15) is 5.82 Å². The van der Waals surface area contributed by atoms with Crippen molar-refractivity contribution in [1.82, 2.24) is 5.32 Å². The number of halogens is 1. The number of carbonyl (C=O) groups excluding carboxylic acids is 2. The fraction of sp³-hybridized carbons (Fsp3) is 0.0714. The summed E-state index contributed by atoms with van der Waals surface area (Å²) < 4.78 is 14.8. The molecule has 0 radical (unpaired) electrons. The van der Waals surface area contributed by atoms with Crippen molar-refractivity contribution in [2.75, 3.05) is 11.9 Å². The lowest BCUT2D eigenvalue weighted by Crippen LogP contribution is -2.27. The fourth-order valence-corrected chi connectivity index (χ4v) is 4.91. The van der Waals surface area contributed by atoms with E-state index < -0.39 is 11.7 Å². The first-order valence-electron chi connectivity index (χ1n) is 10.9. The predicted molar refractivity (Wildman–Crippen MR) is 133 cm³/mol. The quantitative estimate of drug-likeness (QED) is 0.368. The zero-order valence-electron chi connectivity index (χ0n) is 18.2. The largest absolute Gasteiger partial charge is 0.352 e. The normalized spacial score (nSPS) is 12.2. The van der Waals surface area contributed by atoms with Gasteiger partial charge in [-0.1, -0.05) is 78.5 Å². The van der Waals surface area contributed by atoms with E-state index in [-0.39, 0.29) is 11.5 Å². The molecule has 0 unspecified atom stereocenters. The molecular weight excluding hydrogens is 447 g/mol. The van der Waals surface area contributed by atoms with E-state index in [0.29, 0.717) is 29.1 Å². The summed E-state index contributed by atoms with van der Waals surface area (Å²) in [7, 11) is 0. The van der Waals surface area contributed by atoms with E-state index in [1.807, 2.05) is 42.5 Å². The van der Waals surface area contributed by atoms with Crippen molar-refractivity contribution in [3.8, 4) is 11.1 Å². The summed E-state index contributed by atoms with van der Waals surface area (Å²) in [4.78, 5) is 26.6. The van der Waals surface area contributed by atoms with E-state index in [4.69, 9.17) is 0 Å². The lowest BCUT2D eigenvalue weighted by molar-refractivity contribution is 0.0948. The van der Waals surface area contributed by atoms with Gasteiger partial charge in [0.15, 0.2) is 0 Å². The maximum absolute atomic E-state index is 14.8. The number of rotatable bonds is 5. The van der Waals surface area contributed by atoms with Crippen LogP contribution in [0.15, 0.2) is 101 Å². The van der Waals surface area contributed by atoms with E-state index in [0.717, 1.165) is 21.6 Å². The molecule has 0 aromatic heterocycles. The third kappa shape index (κ3) is 4.58. The van der Waals surface area contributed by atoms with Crippen LogP contribution < -0.4 is 10.6 Å². The van der Waals surface area contributed by atoms with Crippen LogP contribution in [0.2, 0.25) is 0 Å². The number of nitrogens with one attached hydrogen (secondary N) is 2. The average Bonchev–Trinajstić information content (AvgIpc) is 3.00. The minimum Gasteiger partial charge on any atom is -0.352 e. The molecule has 0 saturated heterocycles. The molecule has 0 atom stereocenters. The molecule has 4 aromatic rings. The first-order chi connectivity index (χ1) is 16.6. The van der Waals surface area contributed by atoms with Gasteiger partial charge in [-0.2, -0.15) is 0 Å². The monoisotopic (exact) mass is 468 g/mol. The second kappa shape index (κ2) is 9.53. The Morgan fingerprint density at radius 1 is 0.853 bits per heavy atom. The lowest BCUT2D eigenvalue weighted by Gasteiger charge is -2.11. The van der Waals surface area contributed by atoms with Gasteiger partial charge in [-0.3, -0.25) is 9.59 Å². The number of amides is 2. The Balaban J connectivity index is 1.25.